The Morgan fingerprint density at radius 2 is 0.902 bits per heavy atom. The minimum atomic E-state index is -0.570. The van der Waals surface area contributed by atoms with Crippen molar-refractivity contribution in [3.05, 3.63) is 178 Å². The van der Waals surface area contributed by atoms with Crippen molar-refractivity contribution in [1.29, 1.82) is 0 Å². The number of nitrogens with zero attached hydrogens (tertiary/aromatic N) is 6. The second kappa shape index (κ2) is 31.0. The van der Waals surface area contributed by atoms with Crippen molar-refractivity contribution in [3.63, 3.8) is 0 Å². The summed E-state index contributed by atoms with van der Waals surface area (Å²) in [6.45, 7) is 12.1. The van der Waals surface area contributed by atoms with Crippen LogP contribution in [-0.4, -0.2) is 163 Å². The van der Waals surface area contributed by atoms with Gasteiger partial charge in [0.15, 0.2) is 23.0 Å². The average molecular weight is 1250 g/mol. The van der Waals surface area contributed by atoms with E-state index in [1.54, 1.807) is 59.8 Å². The van der Waals surface area contributed by atoms with Crippen LogP contribution in [0.15, 0.2) is 133 Å². The molecule has 6 amide bonds. The SMILES string of the molecule is COCCC(=O)NCCC[C@H](c1ccc(OC)c(OC)c1)N1C(=O)c2cccc(N3CCN([C@H](C)c4ccccc4)CC3)c2C1=O.COc1ccc([C@@H](CCCNC(=O)C2CCC2)N2C(=O)c3cccc(N4CCN([C@H](C)c5ccccc5)CC4)c3C2=O)cc1OC. The largest absolute Gasteiger partial charge is 0.493 e. The molecule has 19 heteroatoms. The van der Waals surface area contributed by atoms with Crippen LogP contribution in [0, 0.1) is 5.92 Å². The molecule has 92 heavy (non-hydrogen) atoms. The first kappa shape index (κ1) is 66.2. The van der Waals surface area contributed by atoms with E-state index >= 15 is 0 Å². The number of amides is 6. The van der Waals surface area contributed by atoms with E-state index in [2.05, 4.69) is 92.6 Å². The zero-order chi connectivity index (χ0) is 64.8. The van der Waals surface area contributed by atoms with E-state index < -0.39 is 12.1 Å². The van der Waals surface area contributed by atoms with Crippen molar-refractivity contribution >= 4 is 46.8 Å². The van der Waals surface area contributed by atoms with Gasteiger partial charge in [0.1, 0.15) is 0 Å². The van der Waals surface area contributed by atoms with Gasteiger partial charge in [-0.05, 0) is 123 Å². The number of hydrogen-bond donors (Lipinski definition) is 2. The van der Waals surface area contributed by atoms with Crippen LogP contribution >= 0.6 is 0 Å². The zero-order valence-corrected chi connectivity index (χ0v) is 54.2. The number of ether oxygens (including phenoxy) is 5. The number of nitrogens with one attached hydrogen (secondary N) is 2. The van der Waals surface area contributed by atoms with E-state index in [-0.39, 0.29) is 53.8 Å². The van der Waals surface area contributed by atoms with Gasteiger partial charge in [-0.2, -0.15) is 0 Å². The van der Waals surface area contributed by atoms with Gasteiger partial charge in [0.05, 0.1) is 80.8 Å². The molecule has 19 nitrogen and oxygen atoms in total. The molecule has 4 aliphatic heterocycles. The molecule has 0 aromatic heterocycles. The monoisotopic (exact) mass is 1250 g/mol. The summed E-state index contributed by atoms with van der Waals surface area (Å²) in [5.74, 6) is 1.07. The number of piperazine rings is 2. The van der Waals surface area contributed by atoms with Crippen LogP contribution in [0.3, 0.4) is 0 Å². The standard InChI is InChI=1S/C37H44N4O5.C36H44N4O6/c1-25(26-10-5-4-6-11-26)39-20-22-40(23-21-39)31-15-8-14-29-34(31)37(44)41(36(29)43)30(16-9-19-38-35(42)27-12-7-13-27)28-17-18-32(45-2)33(24-28)46-3;1-25(26-10-6-5-7-11-26)38-19-21-39(22-20-38)30-13-8-12-28-34(30)36(43)40(35(28)42)29(14-9-18-37-33(41)17-23-44-2)27-15-16-31(45-3)32(24-27)46-4/h4-6,8,10-11,14-15,17-18,24-25,27,30H,7,9,12-13,16,19-23H2,1-3H3,(H,38,42);5-8,10-13,15-16,24-25,29H,9,14,17-23H2,1-4H3,(H,37,41)/t25-,30-;25-,29-/m11/s1. The van der Waals surface area contributed by atoms with E-state index in [4.69, 9.17) is 23.7 Å². The third kappa shape index (κ3) is 14.6. The highest BCUT2D eigenvalue weighted by atomic mass is 16.5. The molecule has 5 aliphatic rings. The van der Waals surface area contributed by atoms with Gasteiger partial charge in [0.25, 0.3) is 23.6 Å². The number of fused-ring (bicyclic) bond motifs is 2. The first-order valence-corrected chi connectivity index (χ1v) is 32.4. The lowest BCUT2D eigenvalue weighted by atomic mass is 9.85. The number of benzene rings is 6. The fraction of sp³-hybridized carbons (Fsp3) is 0.425. The third-order valence-corrected chi connectivity index (χ3v) is 19.0. The first-order chi connectivity index (χ1) is 44.8. The molecule has 0 unspecified atom stereocenters. The molecule has 4 heterocycles. The molecule has 486 valence electrons. The number of rotatable bonds is 26. The summed E-state index contributed by atoms with van der Waals surface area (Å²) in [5.41, 5.74) is 7.49. The maximum atomic E-state index is 14.3. The van der Waals surface area contributed by atoms with Gasteiger partial charge < -0.3 is 44.1 Å². The Hall–Kier alpha value is -8.78. The van der Waals surface area contributed by atoms with Gasteiger partial charge in [0.2, 0.25) is 11.8 Å². The Bertz CT molecular complexity index is 3550. The highest BCUT2D eigenvalue weighted by Gasteiger charge is 2.45. The predicted octanol–water partition coefficient (Wildman–Crippen LogP) is 10.5. The second-order valence-corrected chi connectivity index (χ2v) is 24.1. The van der Waals surface area contributed by atoms with Gasteiger partial charge in [-0.25, -0.2) is 0 Å². The average Bonchev–Trinajstić information content (AvgIpc) is 1.64. The number of hydrogen-bond acceptors (Lipinski definition) is 15. The van der Waals surface area contributed by atoms with E-state index in [0.717, 1.165) is 94.1 Å². The van der Waals surface area contributed by atoms with Gasteiger partial charge >= 0.3 is 0 Å². The van der Waals surface area contributed by atoms with E-state index in [1.165, 1.54) is 20.9 Å². The van der Waals surface area contributed by atoms with Crippen molar-refractivity contribution in [1.82, 2.24) is 30.2 Å². The molecular formula is C73H88N8O11. The molecule has 0 radical (unpaired) electrons. The molecule has 6 aromatic carbocycles. The van der Waals surface area contributed by atoms with Crippen LogP contribution in [-0.2, 0) is 14.3 Å². The van der Waals surface area contributed by atoms with Crippen LogP contribution < -0.4 is 39.4 Å². The number of methoxy groups -OCH3 is 5. The highest BCUT2D eigenvalue weighted by molar-refractivity contribution is 6.25. The van der Waals surface area contributed by atoms with Crippen molar-refractivity contribution in [2.45, 2.75) is 89.4 Å². The molecule has 2 saturated heterocycles. The van der Waals surface area contributed by atoms with Crippen LogP contribution in [0.2, 0.25) is 0 Å². The molecule has 6 aromatic rings. The van der Waals surface area contributed by atoms with Crippen molar-refractivity contribution in [2.24, 2.45) is 5.92 Å². The molecule has 2 N–H and O–H groups in total. The zero-order valence-electron chi connectivity index (χ0n) is 54.2. The molecular weight excluding hydrogens is 1160 g/mol. The summed E-state index contributed by atoms with van der Waals surface area (Å²) in [6.07, 6.45) is 5.38. The molecule has 0 bridgehead atoms. The molecule has 0 spiro atoms. The van der Waals surface area contributed by atoms with Crippen LogP contribution in [0.5, 0.6) is 23.0 Å². The summed E-state index contributed by atoms with van der Waals surface area (Å²) in [6, 6.07) is 42.6. The lowest BCUT2D eigenvalue weighted by Crippen LogP contribution is -2.47. The summed E-state index contributed by atoms with van der Waals surface area (Å²) in [5, 5.41) is 5.96. The van der Waals surface area contributed by atoms with Crippen molar-refractivity contribution < 1.29 is 52.5 Å². The second-order valence-electron chi connectivity index (χ2n) is 24.1. The number of carbonyl (C=O) groups is 6. The van der Waals surface area contributed by atoms with Crippen molar-refractivity contribution in [3.8, 4) is 23.0 Å². The number of carbonyl (C=O) groups excluding carboxylic acids is 6. The smallest absolute Gasteiger partial charge is 0.264 e. The van der Waals surface area contributed by atoms with E-state index in [9.17, 15) is 28.8 Å². The minimum absolute atomic E-state index is 0.0950. The van der Waals surface area contributed by atoms with Crippen LogP contribution in [0.1, 0.15) is 153 Å². The van der Waals surface area contributed by atoms with Gasteiger partial charge in [-0.15, -0.1) is 0 Å². The molecule has 11 rings (SSSR count). The first-order valence-electron chi connectivity index (χ1n) is 32.4. The number of imide groups is 2. The van der Waals surface area contributed by atoms with Gasteiger partial charge in [0, 0.05) is 97.0 Å². The molecule has 3 fully saturated rings. The Labute approximate surface area is 540 Å². The molecule has 1 aliphatic carbocycles. The summed E-state index contributed by atoms with van der Waals surface area (Å²) < 4.78 is 27.0. The lowest BCUT2D eigenvalue weighted by Gasteiger charge is -2.39. The lowest BCUT2D eigenvalue weighted by molar-refractivity contribution is -0.127. The maximum Gasteiger partial charge on any atom is 0.264 e. The Morgan fingerprint density at radius 1 is 0.478 bits per heavy atom. The summed E-state index contributed by atoms with van der Waals surface area (Å²) >= 11 is 0. The normalized spacial score (nSPS) is 17.2. The minimum Gasteiger partial charge on any atom is -0.493 e. The van der Waals surface area contributed by atoms with Crippen molar-refractivity contribution in [2.75, 3.05) is 117 Å². The topological polar surface area (TPSA) is 192 Å². The third-order valence-electron chi connectivity index (χ3n) is 19.0. The summed E-state index contributed by atoms with van der Waals surface area (Å²) in [4.78, 5) is 93.5. The molecule has 4 atom stereocenters. The molecule has 1 saturated carbocycles. The summed E-state index contributed by atoms with van der Waals surface area (Å²) in [7, 11) is 7.83. The predicted molar refractivity (Wildman–Crippen MR) is 354 cm³/mol. The maximum absolute atomic E-state index is 14.3. The van der Waals surface area contributed by atoms with E-state index in [0.29, 0.717) is 96.7 Å². The fourth-order valence-corrected chi connectivity index (χ4v) is 13.4. The highest BCUT2D eigenvalue weighted by Crippen LogP contribution is 2.43. The Balaban J connectivity index is 0.000000202. The van der Waals surface area contributed by atoms with Gasteiger partial charge in [-0.3, -0.25) is 48.4 Å². The van der Waals surface area contributed by atoms with Crippen LogP contribution in [0.4, 0.5) is 11.4 Å². The van der Waals surface area contributed by atoms with Gasteiger partial charge in [-0.1, -0.05) is 91.3 Å². The van der Waals surface area contributed by atoms with E-state index in [1.807, 2.05) is 60.7 Å². The Kier molecular flexibility index (Phi) is 22.3. The Morgan fingerprint density at radius 3 is 1.29 bits per heavy atom. The fourth-order valence-electron chi connectivity index (χ4n) is 13.4. The number of anilines is 2. The van der Waals surface area contributed by atoms with Crippen LogP contribution in [0.25, 0.3) is 0 Å². The quantitative estimate of drug-likeness (QED) is 0.0385.